The van der Waals surface area contributed by atoms with Crippen LogP contribution in [0, 0.1) is 0 Å². The molecule has 0 atom stereocenters. The van der Waals surface area contributed by atoms with Crippen molar-refractivity contribution >= 4 is 16.8 Å². The molecule has 0 fully saturated rings. The molecule has 0 saturated heterocycles. The lowest BCUT2D eigenvalue weighted by molar-refractivity contribution is 0.0785. The van der Waals surface area contributed by atoms with Crippen LogP contribution in [0.4, 0.5) is 0 Å². The molecule has 1 aliphatic heterocycles. The number of fused-ring (bicyclic) bond motifs is 2. The molecule has 0 N–H and O–H groups in total. The number of carbonyl (C=O) groups is 1. The maximum absolute atomic E-state index is 12.9. The van der Waals surface area contributed by atoms with E-state index in [4.69, 9.17) is 4.98 Å². The first-order valence-electron chi connectivity index (χ1n) is 9.81. The van der Waals surface area contributed by atoms with Gasteiger partial charge in [0.15, 0.2) is 0 Å². The van der Waals surface area contributed by atoms with Crippen molar-refractivity contribution in [3.8, 4) is 0 Å². The fraction of sp³-hybridized carbons (Fsp3) is 0.364. The van der Waals surface area contributed by atoms with Crippen molar-refractivity contribution in [1.82, 2.24) is 19.4 Å². The minimum Gasteiger partial charge on any atom is -0.337 e. The van der Waals surface area contributed by atoms with Crippen molar-refractivity contribution in [2.24, 2.45) is 0 Å². The van der Waals surface area contributed by atoms with Gasteiger partial charge in [0.2, 0.25) is 0 Å². The third-order valence-corrected chi connectivity index (χ3v) is 5.33. The lowest BCUT2D eigenvalue weighted by Gasteiger charge is -2.18. The number of aryl methyl sites for hydroxylation is 1. The Morgan fingerprint density at radius 3 is 2.71 bits per heavy atom. The highest BCUT2D eigenvalue weighted by Gasteiger charge is 2.17. The van der Waals surface area contributed by atoms with Gasteiger partial charge in [-0.05, 0) is 48.7 Å². The Balaban J connectivity index is 1.66. The lowest BCUT2D eigenvalue weighted by atomic mass is 10.1. The topological polar surface area (TPSA) is 68.1 Å². The minimum atomic E-state index is -0.0904. The standard InChI is InChI=1S/C22H24N4O2/c1-25(15-16-9-11-23-12-10-16)21(27)17-7-8-18-19(14-17)24-20-6-4-2-3-5-13-26(20)22(18)28/h7-12,14H,2-6,13,15H2,1H3. The van der Waals surface area contributed by atoms with E-state index in [-0.39, 0.29) is 11.5 Å². The Morgan fingerprint density at radius 1 is 1.11 bits per heavy atom. The van der Waals surface area contributed by atoms with Gasteiger partial charge in [0.05, 0.1) is 10.9 Å². The number of hydrogen-bond donors (Lipinski definition) is 0. The number of carbonyl (C=O) groups excluding carboxylic acids is 1. The minimum absolute atomic E-state index is 0.00559. The third kappa shape index (κ3) is 3.67. The van der Waals surface area contributed by atoms with E-state index in [0.717, 1.165) is 43.6 Å². The van der Waals surface area contributed by atoms with Gasteiger partial charge >= 0.3 is 0 Å². The zero-order valence-corrected chi connectivity index (χ0v) is 16.1. The average molecular weight is 376 g/mol. The maximum Gasteiger partial charge on any atom is 0.261 e. The van der Waals surface area contributed by atoms with Crippen molar-refractivity contribution < 1.29 is 4.79 Å². The van der Waals surface area contributed by atoms with E-state index in [0.29, 0.717) is 23.0 Å². The summed E-state index contributed by atoms with van der Waals surface area (Å²) in [6.07, 6.45) is 8.63. The van der Waals surface area contributed by atoms with Crippen LogP contribution < -0.4 is 5.56 Å². The van der Waals surface area contributed by atoms with Crippen LogP contribution in [0.3, 0.4) is 0 Å². The van der Waals surface area contributed by atoms with Crippen LogP contribution in [-0.2, 0) is 19.5 Å². The van der Waals surface area contributed by atoms with Gasteiger partial charge in [-0.3, -0.25) is 19.1 Å². The first-order chi connectivity index (χ1) is 13.6. The van der Waals surface area contributed by atoms with Crippen LogP contribution in [0.25, 0.3) is 10.9 Å². The molecule has 0 saturated carbocycles. The molecule has 0 aliphatic carbocycles. The Kier molecular flexibility index (Phi) is 5.19. The van der Waals surface area contributed by atoms with E-state index in [1.807, 2.05) is 16.7 Å². The van der Waals surface area contributed by atoms with Crippen LogP contribution >= 0.6 is 0 Å². The maximum atomic E-state index is 12.9. The van der Waals surface area contributed by atoms with E-state index in [1.165, 1.54) is 6.42 Å². The number of aromatic nitrogens is 3. The van der Waals surface area contributed by atoms with E-state index in [1.54, 1.807) is 42.5 Å². The first-order valence-corrected chi connectivity index (χ1v) is 9.81. The second-order valence-corrected chi connectivity index (χ2v) is 7.40. The van der Waals surface area contributed by atoms with Gasteiger partial charge in [-0.1, -0.05) is 12.8 Å². The van der Waals surface area contributed by atoms with Crippen molar-refractivity contribution in [1.29, 1.82) is 0 Å². The van der Waals surface area contributed by atoms with Crippen LogP contribution in [0.2, 0.25) is 0 Å². The molecule has 1 aliphatic rings. The predicted molar refractivity (Wildman–Crippen MR) is 108 cm³/mol. The number of benzene rings is 1. The summed E-state index contributed by atoms with van der Waals surface area (Å²) in [5.41, 5.74) is 2.18. The normalized spacial score (nSPS) is 14.2. The summed E-state index contributed by atoms with van der Waals surface area (Å²) in [5, 5.41) is 0.581. The second-order valence-electron chi connectivity index (χ2n) is 7.40. The monoisotopic (exact) mass is 376 g/mol. The highest BCUT2D eigenvalue weighted by molar-refractivity contribution is 5.97. The highest BCUT2D eigenvalue weighted by Crippen LogP contribution is 2.17. The number of pyridine rings is 1. The molecular weight excluding hydrogens is 352 g/mol. The van der Waals surface area contributed by atoms with Crippen molar-refractivity contribution in [3.05, 3.63) is 70.0 Å². The lowest BCUT2D eigenvalue weighted by Crippen LogP contribution is -2.28. The molecule has 4 rings (SSSR count). The van der Waals surface area contributed by atoms with E-state index >= 15 is 0 Å². The molecule has 1 amide bonds. The summed E-state index contributed by atoms with van der Waals surface area (Å²) in [4.78, 5) is 36.2. The molecule has 0 spiro atoms. The quantitative estimate of drug-likeness (QED) is 0.704. The van der Waals surface area contributed by atoms with Crippen LogP contribution in [-0.4, -0.2) is 32.4 Å². The number of hydrogen-bond acceptors (Lipinski definition) is 4. The van der Waals surface area contributed by atoms with Gasteiger partial charge in [0.1, 0.15) is 5.82 Å². The molecule has 0 unspecified atom stereocenters. The summed E-state index contributed by atoms with van der Waals surface area (Å²) in [7, 11) is 1.77. The SMILES string of the molecule is CN(Cc1ccncc1)C(=O)c1ccc2c(=O)n3c(nc2c1)CCCCCC3. The Hall–Kier alpha value is -3.02. The van der Waals surface area contributed by atoms with E-state index in [9.17, 15) is 9.59 Å². The molecule has 6 nitrogen and oxygen atoms in total. The van der Waals surface area contributed by atoms with Gasteiger partial charge in [0, 0.05) is 44.5 Å². The summed E-state index contributed by atoms with van der Waals surface area (Å²) < 4.78 is 1.82. The average Bonchev–Trinajstić information content (AvgIpc) is 2.69. The molecule has 6 heteroatoms. The van der Waals surface area contributed by atoms with Gasteiger partial charge in [0.25, 0.3) is 11.5 Å². The zero-order valence-electron chi connectivity index (χ0n) is 16.1. The first kappa shape index (κ1) is 18.3. The fourth-order valence-corrected chi connectivity index (χ4v) is 3.78. The Labute approximate surface area is 163 Å². The molecule has 3 aromatic rings. The molecule has 28 heavy (non-hydrogen) atoms. The van der Waals surface area contributed by atoms with Gasteiger partial charge in [-0.15, -0.1) is 0 Å². The number of rotatable bonds is 3. The third-order valence-electron chi connectivity index (χ3n) is 5.33. The molecular formula is C22H24N4O2. The number of amides is 1. The summed E-state index contributed by atoms with van der Waals surface area (Å²) >= 11 is 0. The molecule has 3 heterocycles. The molecule has 2 aromatic heterocycles. The Bertz CT molecular complexity index is 1060. The predicted octanol–water partition coefficient (Wildman–Crippen LogP) is 3.18. The molecule has 0 bridgehead atoms. The van der Waals surface area contributed by atoms with Crippen LogP contribution in [0.15, 0.2) is 47.5 Å². The van der Waals surface area contributed by atoms with Crippen LogP contribution in [0.5, 0.6) is 0 Å². The highest BCUT2D eigenvalue weighted by atomic mass is 16.2. The van der Waals surface area contributed by atoms with E-state index in [2.05, 4.69) is 4.98 Å². The van der Waals surface area contributed by atoms with Crippen LogP contribution in [0.1, 0.15) is 47.4 Å². The summed E-state index contributed by atoms with van der Waals surface area (Å²) in [5.74, 6) is 0.749. The van der Waals surface area contributed by atoms with E-state index < -0.39 is 0 Å². The smallest absolute Gasteiger partial charge is 0.261 e. The molecule has 1 aromatic carbocycles. The van der Waals surface area contributed by atoms with Crippen molar-refractivity contribution in [2.45, 2.75) is 45.2 Å². The Morgan fingerprint density at radius 2 is 1.89 bits per heavy atom. The van der Waals surface area contributed by atoms with Crippen molar-refractivity contribution in [2.75, 3.05) is 7.05 Å². The van der Waals surface area contributed by atoms with Crippen molar-refractivity contribution in [3.63, 3.8) is 0 Å². The van der Waals surface area contributed by atoms with Gasteiger partial charge in [-0.2, -0.15) is 0 Å². The largest absolute Gasteiger partial charge is 0.337 e. The summed E-state index contributed by atoms with van der Waals surface area (Å²) in [6.45, 7) is 1.23. The molecule has 0 radical (unpaired) electrons. The van der Waals surface area contributed by atoms with Gasteiger partial charge in [-0.25, -0.2) is 4.98 Å². The zero-order chi connectivity index (χ0) is 19.5. The molecule has 144 valence electrons. The fourth-order valence-electron chi connectivity index (χ4n) is 3.78. The van der Waals surface area contributed by atoms with Gasteiger partial charge < -0.3 is 4.90 Å². The second kappa shape index (κ2) is 7.92. The summed E-state index contributed by atoms with van der Waals surface area (Å²) in [6, 6.07) is 9.01. The number of nitrogens with zero attached hydrogens (tertiary/aromatic N) is 4.